The van der Waals surface area contributed by atoms with Gasteiger partial charge in [0.25, 0.3) is 0 Å². The van der Waals surface area contributed by atoms with Crippen LogP contribution in [0.2, 0.25) is 0 Å². The molecule has 5 heteroatoms. The third-order valence-corrected chi connectivity index (χ3v) is 3.95. The Kier molecular flexibility index (Phi) is 5.09. The third kappa shape index (κ3) is 4.28. The fraction of sp³-hybridized carbons (Fsp3) is 0.200. The van der Waals surface area contributed by atoms with Crippen LogP contribution in [0.3, 0.4) is 0 Å². The number of halogens is 3. The minimum absolute atomic E-state index is 0.290. The van der Waals surface area contributed by atoms with Crippen molar-refractivity contribution < 1.29 is 13.2 Å². The normalized spacial score (nSPS) is 12.4. The van der Waals surface area contributed by atoms with E-state index in [2.05, 4.69) is 0 Å². The summed E-state index contributed by atoms with van der Waals surface area (Å²) in [5.41, 5.74) is 6.42. The number of rotatable bonds is 5. The smallest absolute Gasteiger partial charge is 0.136 e. The van der Waals surface area contributed by atoms with Crippen LogP contribution in [0.15, 0.2) is 47.4 Å². The summed E-state index contributed by atoms with van der Waals surface area (Å²) >= 11 is 1.30. The van der Waals surface area contributed by atoms with Gasteiger partial charge in [-0.1, -0.05) is 12.1 Å². The number of hydrogen-bond acceptors (Lipinski definition) is 2. The van der Waals surface area contributed by atoms with E-state index in [1.165, 1.54) is 30.0 Å². The lowest BCUT2D eigenvalue weighted by molar-refractivity contribution is 0.577. The zero-order valence-electron chi connectivity index (χ0n) is 10.7. The average Bonchev–Trinajstić information content (AvgIpc) is 2.36. The van der Waals surface area contributed by atoms with Crippen molar-refractivity contribution in [2.45, 2.75) is 17.4 Å². The molecule has 2 rings (SSSR count). The molecule has 0 saturated heterocycles. The first kappa shape index (κ1) is 14.9. The molecule has 2 aromatic rings. The average molecular weight is 297 g/mol. The van der Waals surface area contributed by atoms with Gasteiger partial charge in [-0.25, -0.2) is 13.2 Å². The summed E-state index contributed by atoms with van der Waals surface area (Å²) in [5.74, 6) is -1.05. The van der Waals surface area contributed by atoms with Crippen molar-refractivity contribution in [1.29, 1.82) is 0 Å². The quantitative estimate of drug-likeness (QED) is 0.850. The lowest BCUT2D eigenvalue weighted by Gasteiger charge is -2.12. The molecule has 0 radical (unpaired) electrons. The maximum absolute atomic E-state index is 13.4. The Morgan fingerprint density at radius 3 is 2.30 bits per heavy atom. The highest BCUT2D eigenvalue weighted by atomic mass is 32.2. The summed E-state index contributed by atoms with van der Waals surface area (Å²) in [7, 11) is 0. The van der Waals surface area contributed by atoms with Gasteiger partial charge in [-0.15, -0.1) is 11.8 Å². The maximum atomic E-state index is 13.4. The highest BCUT2D eigenvalue weighted by Crippen LogP contribution is 2.22. The van der Waals surface area contributed by atoms with Gasteiger partial charge in [0, 0.05) is 22.8 Å². The van der Waals surface area contributed by atoms with Crippen molar-refractivity contribution in [1.82, 2.24) is 0 Å². The van der Waals surface area contributed by atoms with Crippen LogP contribution in [-0.4, -0.2) is 11.8 Å². The number of nitrogens with two attached hydrogens (primary N) is 1. The molecule has 1 unspecified atom stereocenters. The molecule has 2 N–H and O–H groups in total. The fourth-order valence-electron chi connectivity index (χ4n) is 1.85. The minimum atomic E-state index is -0.617. The molecule has 0 aromatic heterocycles. The van der Waals surface area contributed by atoms with Gasteiger partial charge in [0.15, 0.2) is 0 Å². The molecule has 0 saturated carbocycles. The van der Waals surface area contributed by atoms with E-state index < -0.39 is 11.6 Å². The van der Waals surface area contributed by atoms with Gasteiger partial charge in [0.1, 0.15) is 17.5 Å². The van der Waals surface area contributed by atoms with Gasteiger partial charge in [0.2, 0.25) is 0 Å². The van der Waals surface area contributed by atoms with Crippen LogP contribution in [0.5, 0.6) is 0 Å². The number of hydrogen-bond donors (Lipinski definition) is 1. The van der Waals surface area contributed by atoms with E-state index in [0.29, 0.717) is 22.6 Å². The largest absolute Gasteiger partial charge is 0.327 e. The lowest BCUT2D eigenvalue weighted by atomic mass is 10.1. The molecule has 106 valence electrons. The van der Waals surface area contributed by atoms with Gasteiger partial charge in [-0.05, 0) is 36.2 Å². The van der Waals surface area contributed by atoms with Gasteiger partial charge in [-0.3, -0.25) is 0 Å². The number of benzene rings is 2. The Balaban J connectivity index is 1.92. The van der Waals surface area contributed by atoms with Crippen molar-refractivity contribution in [3.63, 3.8) is 0 Å². The molecule has 20 heavy (non-hydrogen) atoms. The monoisotopic (exact) mass is 297 g/mol. The Morgan fingerprint density at radius 1 is 1.00 bits per heavy atom. The molecule has 2 aromatic carbocycles. The molecule has 0 aliphatic carbocycles. The molecule has 0 amide bonds. The molecule has 0 aliphatic rings. The van der Waals surface area contributed by atoms with Gasteiger partial charge in [-0.2, -0.15) is 0 Å². The standard InChI is InChI=1S/C15H14F3NS/c16-11-5-10(6-12(17)8-11)7-13(19)9-20-15-4-2-1-3-14(15)18/h1-6,8,13H,7,9,19H2. The van der Waals surface area contributed by atoms with Crippen molar-refractivity contribution in [3.05, 3.63) is 65.5 Å². The van der Waals surface area contributed by atoms with E-state index in [9.17, 15) is 13.2 Å². The summed E-state index contributed by atoms with van der Waals surface area (Å²) in [6, 6.07) is 9.47. The highest BCUT2D eigenvalue weighted by Gasteiger charge is 2.09. The van der Waals surface area contributed by atoms with Crippen LogP contribution in [0.25, 0.3) is 0 Å². The zero-order valence-corrected chi connectivity index (χ0v) is 11.5. The first-order chi connectivity index (χ1) is 9.54. The SMILES string of the molecule is NC(CSc1ccccc1F)Cc1cc(F)cc(F)c1. The second-order valence-electron chi connectivity index (χ2n) is 4.48. The number of thioether (sulfide) groups is 1. The second-order valence-corrected chi connectivity index (χ2v) is 5.55. The van der Waals surface area contributed by atoms with Gasteiger partial charge in [0.05, 0.1) is 0 Å². The molecule has 1 nitrogen and oxygen atoms in total. The van der Waals surface area contributed by atoms with Gasteiger partial charge >= 0.3 is 0 Å². The Morgan fingerprint density at radius 2 is 1.65 bits per heavy atom. The Bertz CT molecular complexity index is 569. The summed E-state index contributed by atoms with van der Waals surface area (Å²) in [4.78, 5) is 0.522. The van der Waals surface area contributed by atoms with E-state index in [4.69, 9.17) is 5.73 Å². The van der Waals surface area contributed by atoms with Crippen molar-refractivity contribution >= 4 is 11.8 Å². The van der Waals surface area contributed by atoms with Crippen LogP contribution in [0.1, 0.15) is 5.56 Å². The lowest BCUT2D eigenvalue weighted by Crippen LogP contribution is -2.25. The predicted octanol–water partition coefficient (Wildman–Crippen LogP) is 3.77. The molecule has 0 fully saturated rings. The van der Waals surface area contributed by atoms with Crippen molar-refractivity contribution in [3.8, 4) is 0 Å². The summed E-state index contributed by atoms with van der Waals surface area (Å²) in [5, 5.41) is 0. The second kappa shape index (κ2) is 6.81. The Hall–Kier alpha value is -1.46. The van der Waals surface area contributed by atoms with Crippen molar-refractivity contribution in [2.75, 3.05) is 5.75 Å². The van der Waals surface area contributed by atoms with Crippen LogP contribution in [-0.2, 0) is 6.42 Å². The van der Waals surface area contributed by atoms with Crippen LogP contribution in [0, 0.1) is 17.5 Å². The third-order valence-electron chi connectivity index (χ3n) is 2.71. The molecular weight excluding hydrogens is 283 g/mol. The van der Waals surface area contributed by atoms with Crippen molar-refractivity contribution in [2.24, 2.45) is 5.73 Å². The highest BCUT2D eigenvalue weighted by molar-refractivity contribution is 7.99. The topological polar surface area (TPSA) is 26.0 Å². The van der Waals surface area contributed by atoms with E-state index in [1.54, 1.807) is 18.2 Å². The van der Waals surface area contributed by atoms with Crippen LogP contribution in [0.4, 0.5) is 13.2 Å². The minimum Gasteiger partial charge on any atom is -0.327 e. The van der Waals surface area contributed by atoms with E-state index in [0.717, 1.165) is 6.07 Å². The first-order valence-corrected chi connectivity index (χ1v) is 7.11. The maximum Gasteiger partial charge on any atom is 0.136 e. The summed E-state index contributed by atoms with van der Waals surface area (Å²) in [6.45, 7) is 0. The first-order valence-electron chi connectivity index (χ1n) is 6.12. The predicted molar refractivity (Wildman–Crippen MR) is 75.2 cm³/mol. The molecular formula is C15H14F3NS. The fourth-order valence-corrected chi connectivity index (χ4v) is 2.74. The van der Waals surface area contributed by atoms with Crippen LogP contribution >= 0.6 is 11.8 Å². The zero-order chi connectivity index (χ0) is 14.5. The summed E-state index contributed by atoms with van der Waals surface area (Å²) < 4.78 is 39.5. The molecule has 0 aliphatic heterocycles. The van der Waals surface area contributed by atoms with E-state index >= 15 is 0 Å². The van der Waals surface area contributed by atoms with E-state index in [1.807, 2.05) is 0 Å². The molecule has 0 bridgehead atoms. The van der Waals surface area contributed by atoms with E-state index in [-0.39, 0.29) is 11.9 Å². The molecule has 0 spiro atoms. The summed E-state index contributed by atoms with van der Waals surface area (Å²) in [6.07, 6.45) is 0.343. The van der Waals surface area contributed by atoms with Crippen LogP contribution < -0.4 is 5.73 Å². The Labute approximate surface area is 120 Å². The molecule has 0 heterocycles. The molecule has 1 atom stereocenters. The van der Waals surface area contributed by atoms with Gasteiger partial charge < -0.3 is 5.73 Å².